The van der Waals surface area contributed by atoms with Crippen molar-refractivity contribution in [3.8, 4) is 0 Å². The lowest BCUT2D eigenvalue weighted by molar-refractivity contribution is -0.123. The van der Waals surface area contributed by atoms with E-state index in [4.69, 9.17) is 5.73 Å². The molecule has 168 valence electrons. The Morgan fingerprint density at radius 3 is 2.53 bits per heavy atom. The summed E-state index contributed by atoms with van der Waals surface area (Å²) in [6, 6.07) is 16.6. The molecule has 1 atom stereocenters. The molecule has 1 aromatic heterocycles. The van der Waals surface area contributed by atoms with Crippen molar-refractivity contribution >= 4 is 28.5 Å². The number of amides is 3. The normalized spacial score (nSPS) is 11.9. The zero-order chi connectivity index (χ0) is 23.1. The number of fused-ring (bicyclic) bond motifs is 1. The molecular formula is C25H31N5O2. The molecule has 0 fully saturated rings. The molecule has 0 saturated carbocycles. The summed E-state index contributed by atoms with van der Waals surface area (Å²) < 4.78 is 0. The molecule has 7 heteroatoms. The smallest absolute Gasteiger partial charge is 0.317 e. The second-order valence-corrected chi connectivity index (χ2v) is 8.43. The van der Waals surface area contributed by atoms with Crippen LogP contribution in [0.3, 0.4) is 0 Å². The van der Waals surface area contributed by atoms with Gasteiger partial charge in [0.1, 0.15) is 11.9 Å². The quantitative estimate of drug-likeness (QED) is 0.507. The Balaban J connectivity index is 1.78. The van der Waals surface area contributed by atoms with Crippen LogP contribution in [0.5, 0.6) is 0 Å². The molecule has 0 aliphatic carbocycles. The molecule has 0 saturated heterocycles. The van der Waals surface area contributed by atoms with Gasteiger partial charge in [-0.3, -0.25) is 4.79 Å². The summed E-state index contributed by atoms with van der Waals surface area (Å²) >= 11 is 0. The van der Waals surface area contributed by atoms with Gasteiger partial charge in [-0.15, -0.1) is 0 Å². The maximum Gasteiger partial charge on any atom is 0.317 e. The van der Waals surface area contributed by atoms with Gasteiger partial charge in [0, 0.05) is 32.8 Å². The van der Waals surface area contributed by atoms with Crippen LogP contribution in [0.25, 0.3) is 10.8 Å². The molecule has 0 aliphatic rings. The first-order chi connectivity index (χ1) is 15.3. The number of hydrogen-bond acceptors (Lipinski definition) is 4. The minimum absolute atomic E-state index is 0.249. The van der Waals surface area contributed by atoms with Crippen molar-refractivity contribution in [1.29, 1.82) is 0 Å². The van der Waals surface area contributed by atoms with Crippen molar-refractivity contribution in [2.75, 3.05) is 19.3 Å². The largest absolute Gasteiger partial charge is 0.384 e. The van der Waals surface area contributed by atoms with Gasteiger partial charge < -0.3 is 21.3 Å². The number of nitrogens with two attached hydrogens (primary N) is 1. The molecule has 0 aliphatic heterocycles. The van der Waals surface area contributed by atoms with Crippen LogP contribution in [0.15, 0.2) is 60.8 Å². The van der Waals surface area contributed by atoms with Gasteiger partial charge in [0.05, 0.1) is 0 Å². The fourth-order valence-corrected chi connectivity index (χ4v) is 3.64. The number of benzene rings is 2. The van der Waals surface area contributed by atoms with Gasteiger partial charge in [0.2, 0.25) is 5.91 Å². The second-order valence-electron chi connectivity index (χ2n) is 8.43. The molecular weight excluding hydrogens is 402 g/mol. The van der Waals surface area contributed by atoms with E-state index < -0.39 is 6.04 Å². The van der Waals surface area contributed by atoms with Gasteiger partial charge in [-0.2, -0.15) is 0 Å². The van der Waals surface area contributed by atoms with Crippen molar-refractivity contribution in [2.45, 2.75) is 32.9 Å². The van der Waals surface area contributed by atoms with Crippen molar-refractivity contribution in [2.24, 2.45) is 5.92 Å². The van der Waals surface area contributed by atoms with Crippen molar-refractivity contribution in [1.82, 2.24) is 20.5 Å². The van der Waals surface area contributed by atoms with E-state index in [1.807, 2.05) is 62.4 Å². The number of pyridine rings is 1. The van der Waals surface area contributed by atoms with Gasteiger partial charge in [0.15, 0.2) is 0 Å². The summed E-state index contributed by atoms with van der Waals surface area (Å²) in [5.41, 5.74) is 7.47. The van der Waals surface area contributed by atoms with Crippen LogP contribution in [-0.2, 0) is 17.8 Å². The highest BCUT2D eigenvalue weighted by atomic mass is 16.2. The number of hydrogen-bond donors (Lipinski definition) is 3. The number of urea groups is 1. The molecule has 3 rings (SSSR count). The number of aromatic nitrogens is 1. The lowest BCUT2D eigenvalue weighted by Gasteiger charge is -2.25. The Kier molecular flexibility index (Phi) is 7.65. The van der Waals surface area contributed by atoms with Crippen LogP contribution in [0.4, 0.5) is 10.6 Å². The SMILES string of the molecule is CC(C)CN(C)C(=O)NC(Cc1cccc2ccccc12)C(=O)NCc1ccc(N)nc1. The van der Waals surface area contributed by atoms with Gasteiger partial charge in [0.25, 0.3) is 0 Å². The third-order valence-corrected chi connectivity index (χ3v) is 5.22. The second kappa shape index (κ2) is 10.6. The fraction of sp³-hybridized carbons (Fsp3) is 0.320. The summed E-state index contributed by atoms with van der Waals surface area (Å²) in [6.07, 6.45) is 2.01. The van der Waals surface area contributed by atoms with Crippen LogP contribution >= 0.6 is 0 Å². The topological polar surface area (TPSA) is 100 Å². The third-order valence-electron chi connectivity index (χ3n) is 5.22. The zero-order valence-corrected chi connectivity index (χ0v) is 18.8. The number of carbonyl (C=O) groups is 2. The maximum atomic E-state index is 13.1. The van der Waals surface area contributed by atoms with Crippen molar-refractivity contribution in [3.05, 3.63) is 71.9 Å². The van der Waals surface area contributed by atoms with E-state index in [1.54, 1.807) is 24.2 Å². The van der Waals surface area contributed by atoms with E-state index in [0.29, 0.717) is 31.2 Å². The number of nitrogens with one attached hydrogen (secondary N) is 2. The lowest BCUT2D eigenvalue weighted by atomic mass is 9.98. The first-order valence-corrected chi connectivity index (χ1v) is 10.8. The van der Waals surface area contributed by atoms with E-state index in [-0.39, 0.29) is 11.9 Å². The van der Waals surface area contributed by atoms with E-state index >= 15 is 0 Å². The average Bonchev–Trinajstić information content (AvgIpc) is 2.77. The maximum absolute atomic E-state index is 13.1. The molecule has 1 unspecified atom stereocenters. The molecule has 4 N–H and O–H groups in total. The number of rotatable bonds is 8. The van der Waals surface area contributed by atoms with Crippen LogP contribution in [0, 0.1) is 5.92 Å². The molecule has 7 nitrogen and oxygen atoms in total. The van der Waals surface area contributed by atoms with Crippen LogP contribution in [0.1, 0.15) is 25.0 Å². The van der Waals surface area contributed by atoms with E-state index in [2.05, 4.69) is 15.6 Å². The molecule has 2 aromatic carbocycles. The number of carbonyl (C=O) groups excluding carboxylic acids is 2. The van der Waals surface area contributed by atoms with Crippen molar-refractivity contribution in [3.63, 3.8) is 0 Å². The monoisotopic (exact) mass is 433 g/mol. The first-order valence-electron chi connectivity index (χ1n) is 10.8. The van der Waals surface area contributed by atoms with Crippen LogP contribution in [-0.4, -0.2) is 41.5 Å². The third kappa shape index (κ3) is 6.20. The molecule has 3 aromatic rings. The lowest BCUT2D eigenvalue weighted by Crippen LogP contribution is -2.51. The van der Waals surface area contributed by atoms with Gasteiger partial charge in [-0.1, -0.05) is 62.4 Å². The highest BCUT2D eigenvalue weighted by Gasteiger charge is 2.24. The Morgan fingerprint density at radius 2 is 1.81 bits per heavy atom. The van der Waals surface area contributed by atoms with Crippen molar-refractivity contribution < 1.29 is 9.59 Å². The summed E-state index contributed by atoms with van der Waals surface area (Å²) in [5.74, 6) is 0.504. The summed E-state index contributed by atoms with van der Waals surface area (Å²) in [6.45, 7) is 5.00. The van der Waals surface area contributed by atoms with E-state index in [9.17, 15) is 9.59 Å². The number of anilines is 1. The van der Waals surface area contributed by atoms with E-state index in [0.717, 1.165) is 21.9 Å². The predicted molar refractivity (Wildman–Crippen MR) is 128 cm³/mol. The standard InChI is InChI=1S/C25H31N5O2/c1-17(2)16-30(3)25(32)29-22(24(31)28-15-18-11-12-23(26)27-14-18)13-20-9-6-8-19-7-4-5-10-21(19)20/h4-12,14,17,22H,13,15-16H2,1-3H3,(H2,26,27)(H,28,31)(H,29,32). The average molecular weight is 434 g/mol. The number of nitrogens with zero attached hydrogens (tertiary/aromatic N) is 2. The van der Waals surface area contributed by atoms with Crippen LogP contribution < -0.4 is 16.4 Å². The van der Waals surface area contributed by atoms with Gasteiger partial charge >= 0.3 is 6.03 Å². The Bertz CT molecular complexity index is 1060. The molecule has 32 heavy (non-hydrogen) atoms. The van der Waals surface area contributed by atoms with Gasteiger partial charge in [-0.05, 0) is 33.9 Å². The molecule has 0 bridgehead atoms. The fourth-order valence-electron chi connectivity index (χ4n) is 3.64. The molecule has 3 amide bonds. The van der Waals surface area contributed by atoms with Crippen LogP contribution in [0.2, 0.25) is 0 Å². The highest BCUT2D eigenvalue weighted by Crippen LogP contribution is 2.20. The minimum Gasteiger partial charge on any atom is -0.384 e. The number of nitrogen functional groups attached to an aromatic ring is 1. The zero-order valence-electron chi connectivity index (χ0n) is 18.8. The summed E-state index contributed by atoms with van der Waals surface area (Å²) in [7, 11) is 1.74. The summed E-state index contributed by atoms with van der Waals surface area (Å²) in [4.78, 5) is 31.5. The Hall–Kier alpha value is -3.61. The van der Waals surface area contributed by atoms with E-state index in [1.165, 1.54) is 0 Å². The Morgan fingerprint density at radius 1 is 1.06 bits per heavy atom. The molecule has 1 heterocycles. The summed E-state index contributed by atoms with van der Waals surface area (Å²) in [5, 5.41) is 8.01. The Labute approximate surface area is 189 Å². The molecule has 0 radical (unpaired) electrons. The van der Waals surface area contributed by atoms with Gasteiger partial charge in [-0.25, -0.2) is 9.78 Å². The first kappa shape index (κ1) is 23.1. The minimum atomic E-state index is -0.718. The molecule has 0 spiro atoms. The predicted octanol–water partition coefficient (Wildman–Crippen LogP) is 3.34. The highest BCUT2D eigenvalue weighted by molar-refractivity contribution is 5.90.